The zero-order valence-electron chi connectivity index (χ0n) is 4.68. The van der Waals surface area contributed by atoms with Crippen LogP contribution in [0.3, 0.4) is 0 Å². The van der Waals surface area contributed by atoms with E-state index in [-0.39, 0.29) is 0 Å². The lowest BCUT2D eigenvalue weighted by atomic mass is 10.3. The Labute approximate surface area is 54.3 Å². The monoisotopic (exact) mass is 152 g/mol. The number of ether oxygens (including phenoxy) is 1. The van der Waals surface area contributed by atoms with E-state index in [0.29, 0.717) is 6.08 Å². The van der Waals surface area contributed by atoms with Crippen molar-refractivity contribution in [2.75, 3.05) is 0 Å². The van der Waals surface area contributed by atoms with E-state index in [9.17, 15) is 18.0 Å². The second-order valence-corrected chi connectivity index (χ2v) is 1.76. The number of halogens is 3. The number of alkyl halides is 3. The third-order valence-corrected chi connectivity index (χ3v) is 0.973. The highest BCUT2D eigenvalue weighted by atomic mass is 19.4. The van der Waals surface area contributed by atoms with Crippen molar-refractivity contribution in [1.29, 1.82) is 0 Å². The van der Waals surface area contributed by atoms with E-state index in [1.54, 1.807) is 0 Å². The highest BCUT2D eigenvalue weighted by Crippen LogP contribution is 2.26. The van der Waals surface area contributed by atoms with E-state index in [4.69, 9.17) is 0 Å². The Balaban J connectivity index is 2.63. The Kier molecular flexibility index (Phi) is 1.42. The van der Waals surface area contributed by atoms with Crippen molar-refractivity contribution < 1.29 is 22.7 Å². The minimum Gasteiger partial charge on any atom is -0.445 e. The third kappa shape index (κ3) is 1.29. The van der Waals surface area contributed by atoms with Crippen molar-refractivity contribution in [2.24, 2.45) is 0 Å². The van der Waals surface area contributed by atoms with Gasteiger partial charge < -0.3 is 4.74 Å². The largest absolute Gasteiger partial charge is 0.445 e. The first-order valence-electron chi connectivity index (χ1n) is 2.45. The minimum absolute atomic E-state index is 0.683. The lowest BCUT2D eigenvalue weighted by Crippen LogP contribution is -2.27. The summed E-state index contributed by atoms with van der Waals surface area (Å²) in [5, 5.41) is 0. The molecule has 5 heteroatoms. The smallest absolute Gasteiger partial charge is 0.429 e. The molecule has 0 aromatic carbocycles. The van der Waals surface area contributed by atoms with Crippen LogP contribution in [0.15, 0.2) is 12.2 Å². The topological polar surface area (TPSA) is 26.3 Å². The van der Waals surface area contributed by atoms with E-state index in [0.717, 1.165) is 6.08 Å². The van der Waals surface area contributed by atoms with Gasteiger partial charge in [0.2, 0.25) is 6.10 Å². The standard InChI is InChI=1S/C5H3F3O2/c6-5(7,8)3-1-2-4(9)10-3/h1-3H. The van der Waals surface area contributed by atoms with Crippen LogP contribution in [0.5, 0.6) is 0 Å². The molecule has 1 rings (SSSR count). The number of carbonyl (C=O) groups excluding carboxylic acids is 1. The molecule has 10 heavy (non-hydrogen) atoms. The van der Waals surface area contributed by atoms with Gasteiger partial charge in [0.25, 0.3) is 0 Å². The molecule has 0 bridgehead atoms. The van der Waals surface area contributed by atoms with Crippen molar-refractivity contribution in [2.45, 2.75) is 12.3 Å². The number of hydrogen-bond donors (Lipinski definition) is 0. The lowest BCUT2D eigenvalue weighted by Gasteiger charge is -2.11. The molecule has 1 heterocycles. The van der Waals surface area contributed by atoms with E-state index in [1.165, 1.54) is 0 Å². The summed E-state index contributed by atoms with van der Waals surface area (Å²) in [6, 6.07) is 0. The maximum Gasteiger partial charge on any atom is 0.429 e. The summed E-state index contributed by atoms with van der Waals surface area (Å²) < 4.78 is 38.7. The zero-order valence-corrected chi connectivity index (χ0v) is 4.68. The van der Waals surface area contributed by atoms with Crippen LogP contribution in [-0.2, 0) is 9.53 Å². The predicted octanol–water partition coefficient (Wildman–Crippen LogP) is 1.03. The van der Waals surface area contributed by atoms with Crippen LogP contribution in [-0.4, -0.2) is 18.2 Å². The van der Waals surface area contributed by atoms with E-state index >= 15 is 0 Å². The molecule has 0 aromatic rings. The molecule has 0 saturated heterocycles. The lowest BCUT2D eigenvalue weighted by molar-refractivity contribution is -0.201. The second-order valence-electron chi connectivity index (χ2n) is 1.76. The van der Waals surface area contributed by atoms with Crippen LogP contribution in [0.2, 0.25) is 0 Å². The molecule has 0 saturated carbocycles. The summed E-state index contributed by atoms with van der Waals surface area (Å²) in [4.78, 5) is 10.1. The van der Waals surface area contributed by atoms with Crippen molar-refractivity contribution in [1.82, 2.24) is 0 Å². The van der Waals surface area contributed by atoms with Crippen LogP contribution in [0.25, 0.3) is 0 Å². The molecule has 0 spiro atoms. The molecule has 0 amide bonds. The summed E-state index contributed by atoms with van der Waals surface area (Å²) in [5.41, 5.74) is 0. The highest BCUT2D eigenvalue weighted by Gasteiger charge is 2.43. The van der Waals surface area contributed by atoms with Crippen LogP contribution >= 0.6 is 0 Å². The molecule has 1 aliphatic heterocycles. The number of carbonyl (C=O) groups is 1. The summed E-state index contributed by atoms with van der Waals surface area (Å²) in [7, 11) is 0. The SMILES string of the molecule is O=C1C=CC(C(F)(F)F)O1. The van der Waals surface area contributed by atoms with Gasteiger partial charge in [0, 0.05) is 6.08 Å². The fourth-order valence-corrected chi connectivity index (χ4v) is 0.546. The summed E-state index contributed by atoms with van der Waals surface area (Å²) in [5.74, 6) is -0.942. The summed E-state index contributed by atoms with van der Waals surface area (Å²) >= 11 is 0. The van der Waals surface area contributed by atoms with Gasteiger partial charge in [-0.05, 0) is 6.08 Å². The molecule has 1 atom stereocenters. The van der Waals surface area contributed by atoms with Crippen molar-refractivity contribution in [3.05, 3.63) is 12.2 Å². The quantitative estimate of drug-likeness (QED) is 0.484. The van der Waals surface area contributed by atoms with Gasteiger partial charge in [-0.3, -0.25) is 0 Å². The van der Waals surface area contributed by atoms with Gasteiger partial charge in [-0.2, -0.15) is 13.2 Å². The highest BCUT2D eigenvalue weighted by molar-refractivity contribution is 5.84. The first-order chi connectivity index (χ1) is 4.50. The molecule has 56 valence electrons. The summed E-state index contributed by atoms with van der Waals surface area (Å²) in [6.45, 7) is 0. The van der Waals surface area contributed by atoms with E-state index in [1.807, 2.05) is 0 Å². The molecule has 0 aromatic heterocycles. The molecule has 0 fully saturated rings. The molecule has 1 aliphatic rings. The average Bonchev–Trinajstić information content (AvgIpc) is 2.11. The van der Waals surface area contributed by atoms with Crippen LogP contribution in [0.1, 0.15) is 0 Å². The molecular weight excluding hydrogens is 149 g/mol. The van der Waals surface area contributed by atoms with Gasteiger partial charge in [-0.25, -0.2) is 4.79 Å². The van der Waals surface area contributed by atoms with Crippen molar-refractivity contribution in [3.63, 3.8) is 0 Å². The van der Waals surface area contributed by atoms with Crippen molar-refractivity contribution in [3.8, 4) is 0 Å². The average molecular weight is 152 g/mol. The van der Waals surface area contributed by atoms with Crippen LogP contribution < -0.4 is 0 Å². The van der Waals surface area contributed by atoms with Gasteiger partial charge in [0.15, 0.2) is 0 Å². The number of esters is 1. The molecular formula is C5H3F3O2. The fraction of sp³-hybridized carbons (Fsp3) is 0.400. The third-order valence-electron chi connectivity index (χ3n) is 0.973. The van der Waals surface area contributed by atoms with Crippen molar-refractivity contribution >= 4 is 5.97 Å². The maximum absolute atomic E-state index is 11.6. The van der Waals surface area contributed by atoms with Crippen LogP contribution in [0, 0.1) is 0 Å². The Morgan fingerprint density at radius 3 is 2.30 bits per heavy atom. The van der Waals surface area contributed by atoms with Crippen LogP contribution in [0.4, 0.5) is 13.2 Å². The normalized spacial score (nSPS) is 25.1. The Morgan fingerprint density at radius 2 is 2.10 bits per heavy atom. The van der Waals surface area contributed by atoms with Gasteiger partial charge in [-0.1, -0.05) is 0 Å². The summed E-state index contributed by atoms with van der Waals surface area (Å²) in [6.07, 6.45) is -5.07. The molecule has 2 nitrogen and oxygen atoms in total. The van der Waals surface area contributed by atoms with E-state index in [2.05, 4.69) is 4.74 Å². The maximum atomic E-state index is 11.6. The zero-order chi connectivity index (χ0) is 7.78. The Bertz CT molecular complexity index is 182. The molecule has 0 N–H and O–H groups in total. The number of cyclic esters (lactones) is 1. The first kappa shape index (κ1) is 7.11. The van der Waals surface area contributed by atoms with Gasteiger partial charge >= 0.3 is 12.1 Å². The Morgan fingerprint density at radius 1 is 1.50 bits per heavy atom. The minimum atomic E-state index is -4.47. The number of rotatable bonds is 0. The molecule has 1 unspecified atom stereocenters. The van der Waals surface area contributed by atoms with Gasteiger partial charge in [0.1, 0.15) is 0 Å². The van der Waals surface area contributed by atoms with E-state index < -0.39 is 18.2 Å². The van der Waals surface area contributed by atoms with Gasteiger partial charge in [0.05, 0.1) is 0 Å². The van der Waals surface area contributed by atoms with Gasteiger partial charge in [-0.15, -0.1) is 0 Å². The molecule has 0 aliphatic carbocycles. The fourth-order valence-electron chi connectivity index (χ4n) is 0.546. The Hall–Kier alpha value is -1.00. The second kappa shape index (κ2) is 2.00. The number of hydrogen-bond acceptors (Lipinski definition) is 2. The first-order valence-corrected chi connectivity index (χ1v) is 2.45. The molecule has 0 radical (unpaired) electrons. The predicted molar refractivity (Wildman–Crippen MR) is 25.1 cm³/mol.